The Balaban J connectivity index is 1.67. The van der Waals surface area contributed by atoms with Crippen LogP contribution in [0.1, 0.15) is 57.3 Å². The molecule has 2 N–H and O–H groups in total. The number of alkyl halides is 2. The van der Waals surface area contributed by atoms with E-state index < -0.39 is 33.1 Å². The van der Waals surface area contributed by atoms with Crippen molar-refractivity contribution in [2.75, 3.05) is 26.2 Å². The summed E-state index contributed by atoms with van der Waals surface area (Å²) in [6.07, 6.45) is 1.23. The molecule has 2 saturated heterocycles. The molecular formula is C25H36F2N4O4S. The van der Waals surface area contributed by atoms with E-state index in [0.29, 0.717) is 25.1 Å². The average molecular weight is 527 g/mol. The van der Waals surface area contributed by atoms with Crippen LogP contribution in [0.15, 0.2) is 41.8 Å². The highest BCUT2D eigenvalue weighted by Gasteiger charge is 2.57. The lowest BCUT2D eigenvalue weighted by atomic mass is 9.94. The molecule has 0 spiro atoms. The second kappa shape index (κ2) is 10.2. The second-order valence-electron chi connectivity index (χ2n) is 10.7. The van der Waals surface area contributed by atoms with E-state index in [1.165, 1.54) is 28.6 Å². The first-order valence-corrected chi connectivity index (χ1v) is 13.5. The quantitative estimate of drug-likeness (QED) is 0.508. The molecule has 200 valence electrons. The number of likely N-dealkylation sites (tertiary alicyclic amines) is 1. The third-order valence-electron chi connectivity index (χ3n) is 7.09. The molecule has 1 unspecified atom stereocenters. The fraction of sp³-hybridized carbons (Fsp3) is 0.600. The van der Waals surface area contributed by atoms with Crippen LogP contribution in [-0.2, 0) is 14.8 Å². The number of nitrogens with one attached hydrogen (secondary N) is 2. The SMILES string of the molecule is C=CC(=O)NC1CC(C)(C)N(S(=O)(=O)c2ccc(C(=O)NCCN3CCC(F)(F)CC3)cc2)C1(C)C. The molecule has 2 aliphatic heterocycles. The van der Waals surface area contributed by atoms with Gasteiger partial charge in [-0.3, -0.25) is 9.59 Å². The fourth-order valence-corrected chi connectivity index (χ4v) is 7.43. The molecule has 2 fully saturated rings. The van der Waals surface area contributed by atoms with E-state index in [1.807, 2.05) is 18.7 Å². The molecule has 2 heterocycles. The number of rotatable bonds is 8. The number of hydrogen-bond acceptors (Lipinski definition) is 5. The Morgan fingerprint density at radius 1 is 1.11 bits per heavy atom. The molecule has 0 radical (unpaired) electrons. The first-order valence-electron chi connectivity index (χ1n) is 12.1. The van der Waals surface area contributed by atoms with Crippen LogP contribution in [0.25, 0.3) is 0 Å². The van der Waals surface area contributed by atoms with Gasteiger partial charge in [-0.1, -0.05) is 6.58 Å². The zero-order valence-electron chi connectivity index (χ0n) is 21.3. The monoisotopic (exact) mass is 526 g/mol. The lowest BCUT2D eigenvalue weighted by Crippen LogP contribution is -2.56. The Hall–Kier alpha value is -2.37. The van der Waals surface area contributed by atoms with Crippen molar-refractivity contribution in [2.45, 2.75) is 74.9 Å². The summed E-state index contributed by atoms with van der Waals surface area (Å²) in [5, 5.41) is 5.60. The van der Waals surface area contributed by atoms with E-state index in [0.717, 1.165) is 6.08 Å². The normalized spacial score (nSPS) is 23.7. The van der Waals surface area contributed by atoms with Gasteiger partial charge in [-0.2, -0.15) is 4.31 Å². The predicted molar refractivity (Wildman–Crippen MR) is 133 cm³/mol. The summed E-state index contributed by atoms with van der Waals surface area (Å²) in [5.41, 5.74) is -1.37. The number of hydrogen-bond donors (Lipinski definition) is 2. The molecular weight excluding hydrogens is 490 g/mol. The summed E-state index contributed by atoms with van der Waals surface area (Å²) >= 11 is 0. The Morgan fingerprint density at radius 3 is 2.25 bits per heavy atom. The number of sulfonamides is 1. The molecule has 0 aromatic heterocycles. The molecule has 3 rings (SSSR count). The Kier molecular flexibility index (Phi) is 7.98. The Labute approximate surface area is 212 Å². The van der Waals surface area contributed by atoms with Gasteiger partial charge in [-0.25, -0.2) is 17.2 Å². The molecule has 2 aliphatic rings. The maximum Gasteiger partial charge on any atom is 0.251 e. The summed E-state index contributed by atoms with van der Waals surface area (Å²) in [4.78, 5) is 26.4. The summed E-state index contributed by atoms with van der Waals surface area (Å²) in [6.45, 7) is 12.0. The van der Waals surface area contributed by atoms with E-state index in [-0.39, 0.29) is 42.6 Å². The third kappa shape index (κ3) is 5.95. The number of carbonyl (C=O) groups excluding carboxylic acids is 2. The smallest absolute Gasteiger partial charge is 0.251 e. The van der Waals surface area contributed by atoms with Gasteiger partial charge in [-0.15, -0.1) is 0 Å². The van der Waals surface area contributed by atoms with Crippen LogP contribution in [0, 0.1) is 0 Å². The van der Waals surface area contributed by atoms with Gasteiger partial charge in [0.05, 0.1) is 10.4 Å². The van der Waals surface area contributed by atoms with Crippen molar-refractivity contribution in [2.24, 2.45) is 0 Å². The zero-order chi connectivity index (χ0) is 26.9. The van der Waals surface area contributed by atoms with Gasteiger partial charge in [0, 0.05) is 56.2 Å². The highest BCUT2D eigenvalue weighted by molar-refractivity contribution is 7.89. The molecule has 0 aliphatic carbocycles. The number of halogens is 2. The van der Waals surface area contributed by atoms with Crippen LogP contribution in [0.5, 0.6) is 0 Å². The van der Waals surface area contributed by atoms with Crippen LogP contribution >= 0.6 is 0 Å². The van der Waals surface area contributed by atoms with Crippen molar-refractivity contribution in [1.29, 1.82) is 0 Å². The lowest BCUT2D eigenvalue weighted by molar-refractivity contribution is -0.117. The van der Waals surface area contributed by atoms with Gasteiger partial charge in [-0.05, 0) is 64.5 Å². The zero-order valence-corrected chi connectivity index (χ0v) is 22.1. The number of benzene rings is 1. The van der Waals surface area contributed by atoms with E-state index in [4.69, 9.17) is 0 Å². The summed E-state index contributed by atoms with van der Waals surface area (Å²) < 4.78 is 55.3. The Morgan fingerprint density at radius 2 is 1.69 bits per heavy atom. The standard InChI is InChI=1S/C25H36F2N4O4S/c1-6-21(32)29-20-17-23(2,3)31(24(20,4)5)36(34,35)19-9-7-18(8-10-19)22(33)28-13-16-30-14-11-25(26,27)12-15-30/h6-10,20H,1,11-17H2,2-5H3,(H,28,33)(H,29,32). The largest absolute Gasteiger partial charge is 0.351 e. The topological polar surface area (TPSA) is 98.8 Å². The molecule has 1 aromatic rings. The first kappa shape index (κ1) is 28.2. The van der Waals surface area contributed by atoms with Crippen LogP contribution < -0.4 is 10.6 Å². The molecule has 2 amide bonds. The van der Waals surface area contributed by atoms with Gasteiger partial charge in [0.1, 0.15) is 0 Å². The summed E-state index contributed by atoms with van der Waals surface area (Å²) in [5.74, 6) is -3.34. The minimum atomic E-state index is -3.96. The minimum Gasteiger partial charge on any atom is -0.351 e. The van der Waals surface area contributed by atoms with Gasteiger partial charge < -0.3 is 15.5 Å². The Bertz CT molecular complexity index is 1090. The molecule has 1 atom stereocenters. The van der Waals surface area contributed by atoms with E-state index in [9.17, 15) is 26.8 Å². The number of amides is 2. The maximum atomic E-state index is 13.7. The third-order valence-corrected chi connectivity index (χ3v) is 9.40. The molecule has 11 heteroatoms. The molecule has 1 aromatic carbocycles. The average Bonchev–Trinajstić information content (AvgIpc) is 2.97. The fourth-order valence-electron chi connectivity index (χ4n) is 5.26. The van der Waals surface area contributed by atoms with Gasteiger partial charge in [0.25, 0.3) is 11.8 Å². The molecule has 0 bridgehead atoms. The number of piperidine rings is 1. The first-order chi connectivity index (χ1) is 16.6. The van der Waals surface area contributed by atoms with Crippen molar-refractivity contribution in [3.05, 3.63) is 42.5 Å². The van der Waals surface area contributed by atoms with Gasteiger partial charge in [0.2, 0.25) is 15.9 Å². The van der Waals surface area contributed by atoms with Gasteiger partial charge >= 0.3 is 0 Å². The second-order valence-corrected chi connectivity index (χ2v) is 12.5. The van der Waals surface area contributed by atoms with Crippen molar-refractivity contribution < 1.29 is 26.8 Å². The van der Waals surface area contributed by atoms with Crippen LogP contribution in [0.2, 0.25) is 0 Å². The minimum absolute atomic E-state index is 0.0464. The van der Waals surface area contributed by atoms with Crippen LogP contribution in [0.4, 0.5) is 8.78 Å². The predicted octanol–water partition coefficient (Wildman–Crippen LogP) is 2.77. The summed E-state index contributed by atoms with van der Waals surface area (Å²) in [6, 6.07) is 5.30. The lowest BCUT2D eigenvalue weighted by Gasteiger charge is -2.40. The van der Waals surface area contributed by atoms with Crippen LogP contribution in [-0.4, -0.2) is 78.7 Å². The molecule has 36 heavy (non-hydrogen) atoms. The highest BCUT2D eigenvalue weighted by Crippen LogP contribution is 2.44. The van der Waals surface area contributed by atoms with Crippen molar-refractivity contribution in [1.82, 2.24) is 19.8 Å². The number of nitrogens with zero attached hydrogens (tertiary/aromatic N) is 2. The summed E-state index contributed by atoms with van der Waals surface area (Å²) in [7, 11) is -3.96. The van der Waals surface area contributed by atoms with E-state index in [1.54, 1.807) is 13.8 Å². The molecule has 8 nitrogen and oxygen atoms in total. The van der Waals surface area contributed by atoms with Crippen LogP contribution in [0.3, 0.4) is 0 Å². The van der Waals surface area contributed by atoms with E-state index >= 15 is 0 Å². The van der Waals surface area contributed by atoms with Crippen molar-refractivity contribution in [3.63, 3.8) is 0 Å². The molecule has 0 saturated carbocycles. The van der Waals surface area contributed by atoms with E-state index in [2.05, 4.69) is 17.2 Å². The van der Waals surface area contributed by atoms with Crippen molar-refractivity contribution >= 4 is 21.8 Å². The van der Waals surface area contributed by atoms with Crippen molar-refractivity contribution in [3.8, 4) is 0 Å². The number of carbonyl (C=O) groups is 2. The highest BCUT2D eigenvalue weighted by atomic mass is 32.2. The van der Waals surface area contributed by atoms with Gasteiger partial charge in [0.15, 0.2) is 0 Å². The maximum absolute atomic E-state index is 13.7.